The minimum absolute atomic E-state index is 0.484. The van der Waals surface area contributed by atoms with Gasteiger partial charge < -0.3 is 15.0 Å². The van der Waals surface area contributed by atoms with E-state index in [0.29, 0.717) is 6.04 Å². The minimum Gasteiger partial charge on any atom is -0.497 e. The zero-order chi connectivity index (χ0) is 17.1. The molecule has 0 aromatic heterocycles. The van der Waals surface area contributed by atoms with Crippen LogP contribution in [0.15, 0.2) is 54.6 Å². The number of nitrogens with two attached hydrogens (primary N) is 1. The maximum atomic E-state index is 5.34. The molecule has 3 heterocycles. The number of nitrogens with one attached hydrogen (secondary N) is 1. The van der Waals surface area contributed by atoms with E-state index >= 15 is 0 Å². The number of piperidine rings is 3. The topological polar surface area (TPSA) is 30.3 Å². The molecule has 0 aliphatic carbocycles. The average molecular weight is 338 g/mol. The highest BCUT2D eigenvalue weighted by atomic mass is 16.5. The Hall–Kier alpha value is -1.84. The Morgan fingerprint density at radius 1 is 1.04 bits per heavy atom. The third kappa shape index (κ3) is 3.88. The van der Waals surface area contributed by atoms with Crippen LogP contribution in [0.2, 0.25) is 0 Å². The monoisotopic (exact) mass is 338 g/mol. The normalized spacial score (nSPS) is 26.4. The van der Waals surface area contributed by atoms with Gasteiger partial charge in [-0.15, -0.1) is 0 Å². The van der Waals surface area contributed by atoms with Crippen LogP contribution >= 0.6 is 0 Å². The van der Waals surface area contributed by atoms with Crippen molar-refractivity contribution in [2.24, 2.45) is 5.92 Å². The van der Waals surface area contributed by atoms with Crippen molar-refractivity contribution >= 4 is 0 Å². The smallest absolute Gasteiger partial charge is 0.139 e. The van der Waals surface area contributed by atoms with Crippen LogP contribution < -0.4 is 15.0 Å². The van der Waals surface area contributed by atoms with Gasteiger partial charge in [-0.2, -0.15) is 0 Å². The van der Waals surface area contributed by atoms with Crippen molar-refractivity contribution in [2.45, 2.75) is 31.3 Å². The van der Waals surface area contributed by atoms with Crippen molar-refractivity contribution in [3.05, 3.63) is 65.7 Å². The number of quaternary nitrogens is 2. The lowest BCUT2D eigenvalue weighted by atomic mass is 9.83. The molecule has 0 spiro atoms. The fourth-order valence-electron chi connectivity index (χ4n) is 4.72. The molecular formula is C22H30N2O+2. The van der Waals surface area contributed by atoms with Gasteiger partial charge in [0.25, 0.3) is 0 Å². The number of fused-ring (bicyclic) bond motifs is 3. The van der Waals surface area contributed by atoms with Crippen LogP contribution in [0.25, 0.3) is 0 Å². The summed E-state index contributed by atoms with van der Waals surface area (Å²) in [6.45, 7) is 4.12. The number of hydrogen-bond acceptors (Lipinski definition) is 1. The summed E-state index contributed by atoms with van der Waals surface area (Å²) in [5.74, 6) is 1.85. The van der Waals surface area contributed by atoms with Crippen molar-refractivity contribution in [2.75, 3.05) is 26.7 Å². The molecule has 3 fully saturated rings. The van der Waals surface area contributed by atoms with Crippen molar-refractivity contribution in [1.82, 2.24) is 0 Å². The highest BCUT2D eigenvalue weighted by Gasteiger charge is 2.41. The molecule has 0 radical (unpaired) electrons. The molecule has 3 N–H and O–H groups in total. The summed E-state index contributed by atoms with van der Waals surface area (Å²) >= 11 is 0. The third-order valence-electron chi connectivity index (χ3n) is 6.19. The lowest BCUT2D eigenvalue weighted by Crippen LogP contribution is -3.20. The zero-order valence-electron chi connectivity index (χ0n) is 15.2. The summed E-state index contributed by atoms with van der Waals surface area (Å²) in [6, 6.07) is 20.9. The summed E-state index contributed by atoms with van der Waals surface area (Å²) in [5.41, 5.74) is 2.84. The molecule has 25 heavy (non-hydrogen) atoms. The molecule has 0 unspecified atom stereocenters. The third-order valence-corrected chi connectivity index (χ3v) is 6.19. The molecule has 5 rings (SSSR count). The SMILES string of the molecule is COc1ccc([C@@H](Cc2ccccc2)[NH2+][C@H]2C[NH+]3CCC2CC3)cc1. The van der Waals surface area contributed by atoms with Gasteiger partial charge >= 0.3 is 0 Å². The van der Waals surface area contributed by atoms with E-state index < -0.39 is 0 Å². The van der Waals surface area contributed by atoms with Crippen LogP contribution in [-0.2, 0) is 6.42 Å². The molecule has 3 aliphatic heterocycles. The Morgan fingerprint density at radius 2 is 1.76 bits per heavy atom. The predicted octanol–water partition coefficient (Wildman–Crippen LogP) is 1.22. The standard InChI is InChI=1S/C22H28N2O/c1-25-20-9-7-18(8-10-20)21(15-17-5-3-2-4-6-17)23-22-16-24-13-11-19(22)12-14-24/h2-10,19,21-23H,11-16H2,1H3/p+2/t21-,22+/m1/s1. The summed E-state index contributed by atoms with van der Waals surface area (Å²) < 4.78 is 5.34. The molecule has 2 aromatic rings. The van der Waals surface area contributed by atoms with Crippen LogP contribution in [0.3, 0.4) is 0 Å². The van der Waals surface area contributed by atoms with E-state index in [0.717, 1.165) is 24.1 Å². The van der Waals surface area contributed by atoms with Gasteiger partial charge in [-0.3, -0.25) is 0 Å². The van der Waals surface area contributed by atoms with E-state index in [1.165, 1.54) is 43.6 Å². The molecule has 132 valence electrons. The van der Waals surface area contributed by atoms with E-state index in [1.807, 2.05) is 4.90 Å². The highest BCUT2D eigenvalue weighted by molar-refractivity contribution is 5.29. The van der Waals surface area contributed by atoms with Crippen molar-refractivity contribution in [1.29, 1.82) is 0 Å². The number of hydrogen-bond donors (Lipinski definition) is 2. The second-order valence-electron chi connectivity index (χ2n) is 7.72. The van der Waals surface area contributed by atoms with Crippen LogP contribution in [0.5, 0.6) is 5.75 Å². The predicted molar refractivity (Wildman–Crippen MR) is 99.9 cm³/mol. The quantitative estimate of drug-likeness (QED) is 0.815. The van der Waals surface area contributed by atoms with Gasteiger partial charge in [0.1, 0.15) is 24.4 Å². The molecule has 3 saturated heterocycles. The van der Waals surface area contributed by atoms with E-state index in [1.54, 1.807) is 7.11 Å². The number of ether oxygens (including phenoxy) is 1. The second-order valence-corrected chi connectivity index (χ2v) is 7.72. The highest BCUT2D eigenvalue weighted by Crippen LogP contribution is 2.21. The van der Waals surface area contributed by atoms with Gasteiger partial charge in [0.05, 0.1) is 20.2 Å². The van der Waals surface area contributed by atoms with Crippen molar-refractivity contribution < 1.29 is 15.0 Å². The van der Waals surface area contributed by atoms with Gasteiger partial charge in [-0.25, -0.2) is 0 Å². The van der Waals surface area contributed by atoms with Gasteiger partial charge in [0, 0.05) is 30.7 Å². The first-order chi connectivity index (χ1) is 12.3. The zero-order valence-corrected chi connectivity index (χ0v) is 15.2. The van der Waals surface area contributed by atoms with E-state index in [4.69, 9.17) is 4.74 Å². The largest absolute Gasteiger partial charge is 0.497 e. The molecule has 2 aromatic carbocycles. The Balaban J connectivity index is 1.54. The van der Waals surface area contributed by atoms with Gasteiger partial charge in [-0.05, 0) is 29.8 Å². The summed E-state index contributed by atoms with van der Waals surface area (Å²) in [6.07, 6.45) is 3.92. The summed E-state index contributed by atoms with van der Waals surface area (Å²) in [7, 11) is 1.73. The molecular weight excluding hydrogens is 308 g/mol. The molecule has 0 amide bonds. The van der Waals surface area contributed by atoms with Crippen LogP contribution in [0, 0.1) is 5.92 Å². The maximum Gasteiger partial charge on any atom is 0.139 e. The first-order valence-corrected chi connectivity index (χ1v) is 9.68. The molecule has 2 bridgehead atoms. The Kier molecular flexibility index (Phi) is 5.04. The van der Waals surface area contributed by atoms with Gasteiger partial charge in [0.2, 0.25) is 0 Å². The summed E-state index contributed by atoms with van der Waals surface area (Å²) in [5, 5.41) is 2.68. The minimum atomic E-state index is 0.484. The number of benzene rings is 2. The number of methoxy groups -OCH3 is 1. The average Bonchev–Trinajstić information content (AvgIpc) is 2.69. The fraction of sp³-hybridized carbons (Fsp3) is 0.455. The molecule has 3 heteroatoms. The van der Waals surface area contributed by atoms with E-state index in [2.05, 4.69) is 59.9 Å². The second kappa shape index (κ2) is 7.59. The van der Waals surface area contributed by atoms with Crippen molar-refractivity contribution in [3.8, 4) is 5.75 Å². The van der Waals surface area contributed by atoms with Gasteiger partial charge in [0.15, 0.2) is 0 Å². The Labute approximate surface area is 151 Å². The lowest BCUT2D eigenvalue weighted by molar-refractivity contribution is -0.945. The molecule has 2 atom stereocenters. The molecule has 3 aliphatic rings. The Morgan fingerprint density at radius 3 is 2.36 bits per heavy atom. The summed E-state index contributed by atoms with van der Waals surface area (Å²) in [4.78, 5) is 1.82. The van der Waals surface area contributed by atoms with Crippen LogP contribution in [0.1, 0.15) is 30.0 Å². The van der Waals surface area contributed by atoms with E-state index in [9.17, 15) is 0 Å². The van der Waals surface area contributed by atoms with Crippen LogP contribution in [0.4, 0.5) is 0 Å². The lowest BCUT2D eigenvalue weighted by Gasteiger charge is -2.41. The Bertz CT molecular complexity index is 662. The van der Waals surface area contributed by atoms with Gasteiger partial charge in [-0.1, -0.05) is 30.3 Å². The van der Waals surface area contributed by atoms with Crippen molar-refractivity contribution in [3.63, 3.8) is 0 Å². The molecule has 3 nitrogen and oxygen atoms in total. The molecule has 0 saturated carbocycles. The first kappa shape index (κ1) is 16.6. The van der Waals surface area contributed by atoms with E-state index in [-0.39, 0.29) is 0 Å². The first-order valence-electron chi connectivity index (χ1n) is 9.68. The maximum absolute atomic E-state index is 5.34. The van der Waals surface area contributed by atoms with Crippen LogP contribution in [-0.4, -0.2) is 32.8 Å². The number of rotatable bonds is 6. The fourth-order valence-corrected chi connectivity index (χ4v) is 4.72.